The molecule has 0 unspecified atom stereocenters. The lowest BCUT2D eigenvalue weighted by molar-refractivity contribution is -0.385. The Morgan fingerprint density at radius 2 is 1.88 bits per heavy atom. The van der Waals surface area contributed by atoms with Crippen molar-refractivity contribution < 1.29 is 18.8 Å². The van der Waals surface area contributed by atoms with Crippen molar-refractivity contribution in [2.75, 3.05) is 6.61 Å². The first-order valence-electron chi connectivity index (χ1n) is 7.95. The second-order valence-corrected chi connectivity index (χ2v) is 5.89. The summed E-state index contributed by atoms with van der Waals surface area (Å²) in [6, 6.07) is 12.1. The number of nitro groups is 1. The molecule has 0 aliphatic heterocycles. The van der Waals surface area contributed by atoms with Crippen molar-refractivity contribution >= 4 is 11.6 Å². The molecule has 0 aromatic heterocycles. The molecule has 1 aliphatic rings. The third-order valence-electron chi connectivity index (χ3n) is 3.99. The van der Waals surface area contributed by atoms with Crippen LogP contribution in [0.5, 0.6) is 5.75 Å². The second kappa shape index (κ2) is 7.29. The van der Waals surface area contributed by atoms with Crippen LogP contribution >= 0.6 is 0 Å². The zero-order valence-electron chi connectivity index (χ0n) is 13.4. The van der Waals surface area contributed by atoms with Crippen LogP contribution in [0.15, 0.2) is 48.5 Å². The van der Waals surface area contributed by atoms with Crippen LogP contribution in [-0.4, -0.2) is 28.4 Å². The molecule has 2 aromatic rings. The topological polar surface area (TPSA) is 72.7 Å². The number of nitro benzene ring substituents is 1. The van der Waals surface area contributed by atoms with Gasteiger partial charge in [-0.05, 0) is 36.6 Å². The first kappa shape index (κ1) is 16.9. The van der Waals surface area contributed by atoms with E-state index in [1.807, 2.05) is 0 Å². The van der Waals surface area contributed by atoms with E-state index >= 15 is 0 Å². The molecule has 0 heterocycles. The molecule has 1 aliphatic carbocycles. The smallest absolute Gasteiger partial charge is 0.310 e. The van der Waals surface area contributed by atoms with E-state index in [4.69, 9.17) is 4.74 Å². The number of carbonyl (C=O) groups is 1. The molecule has 0 spiro atoms. The van der Waals surface area contributed by atoms with Gasteiger partial charge in [-0.1, -0.05) is 24.3 Å². The normalized spacial score (nSPS) is 13.3. The molecule has 0 radical (unpaired) electrons. The van der Waals surface area contributed by atoms with Crippen molar-refractivity contribution in [3.63, 3.8) is 0 Å². The summed E-state index contributed by atoms with van der Waals surface area (Å²) in [5.74, 6) is -0.504. The fraction of sp³-hybridized carbons (Fsp3) is 0.278. The maximum absolute atomic E-state index is 13.0. The second-order valence-electron chi connectivity index (χ2n) is 5.89. The number of halogens is 1. The van der Waals surface area contributed by atoms with E-state index in [2.05, 4.69) is 0 Å². The maximum Gasteiger partial charge on any atom is 0.310 e. The van der Waals surface area contributed by atoms with E-state index in [0.717, 1.165) is 18.4 Å². The summed E-state index contributed by atoms with van der Waals surface area (Å²) in [6.45, 7) is 0.0899. The van der Waals surface area contributed by atoms with Gasteiger partial charge in [0.15, 0.2) is 12.4 Å². The Bertz CT molecular complexity index is 775. The highest BCUT2D eigenvalue weighted by molar-refractivity contribution is 5.78. The average molecular weight is 344 g/mol. The van der Waals surface area contributed by atoms with Gasteiger partial charge >= 0.3 is 5.69 Å². The lowest BCUT2D eigenvalue weighted by Gasteiger charge is -2.22. The van der Waals surface area contributed by atoms with Gasteiger partial charge in [-0.15, -0.1) is 0 Å². The van der Waals surface area contributed by atoms with Crippen LogP contribution in [0.3, 0.4) is 0 Å². The minimum atomic E-state index is -0.545. The molecule has 0 atom stereocenters. The maximum atomic E-state index is 13.0. The number of para-hydroxylation sites is 2. The molecule has 130 valence electrons. The van der Waals surface area contributed by atoms with Crippen molar-refractivity contribution in [3.8, 4) is 5.75 Å². The van der Waals surface area contributed by atoms with Crippen molar-refractivity contribution in [2.45, 2.75) is 25.4 Å². The van der Waals surface area contributed by atoms with Gasteiger partial charge in [0.25, 0.3) is 5.91 Å². The molecule has 0 bridgehead atoms. The van der Waals surface area contributed by atoms with Gasteiger partial charge in [0.05, 0.1) is 4.92 Å². The molecular weight excluding hydrogens is 327 g/mol. The molecule has 1 amide bonds. The number of carbonyl (C=O) groups excluding carboxylic acids is 1. The van der Waals surface area contributed by atoms with Gasteiger partial charge in [0, 0.05) is 18.7 Å². The van der Waals surface area contributed by atoms with Gasteiger partial charge in [-0.3, -0.25) is 14.9 Å². The molecular formula is C18H17FN2O4. The number of amides is 1. The van der Waals surface area contributed by atoms with Gasteiger partial charge in [0.1, 0.15) is 5.82 Å². The highest BCUT2D eigenvalue weighted by Gasteiger charge is 2.33. The summed E-state index contributed by atoms with van der Waals surface area (Å²) in [6.07, 6.45) is 1.83. The van der Waals surface area contributed by atoms with Crippen LogP contribution in [-0.2, 0) is 11.3 Å². The summed E-state index contributed by atoms with van der Waals surface area (Å²) in [7, 11) is 0. The Labute approximate surface area is 144 Å². The SMILES string of the molecule is O=C(COc1ccccc1[N+](=O)[O-])N(Cc1ccc(F)cc1)C1CC1. The molecule has 1 fully saturated rings. The Hall–Kier alpha value is -2.96. The number of benzene rings is 2. The summed E-state index contributed by atoms with van der Waals surface area (Å²) >= 11 is 0. The average Bonchev–Trinajstić information content (AvgIpc) is 3.44. The fourth-order valence-corrected chi connectivity index (χ4v) is 2.55. The van der Waals surface area contributed by atoms with E-state index in [0.29, 0.717) is 6.54 Å². The van der Waals surface area contributed by atoms with E-state index in [9.17, 15) is 19.3 Å². The van der Waals surface area contributed by atoms with Crippen molar-refractivity contribution in [1.82, 2.24) is 4.90 Å². The van der Waals surface area contributed by atoms with E-state index in [-0.39, 0.29) is 35.8 Å². The van der Waals surface area contributed by atoms with Gasteiger partial charge in [0.2, 0.25) is 0 Å². The third kappa shape index (κ3) is 4.32. The van der Waals surface area contributed by atoms with Crippen molar-refractivity contribution in [1.29, 1.82) is 0 Å². The monoisotopic (exact) mass is 344 g/mol. The summed E-state index contributed by atoms with van der Waals surface area (Å²) < 4.78 is 18.4. The number of rotatable bonds is 7. The summed E-state index contributed by atoms with van der Waals surface area (Å²) in [5, 5.41) is 11.0. The van der Waals surface area contributed by atoms with Gasteiger partial charge in [-0.25, -0.2) is 4.39 Å². The van der Waals surface area contributed by atoms with Crippen LogP contribution in [0.2, 0.25) is 0 Å². The molecule has 0 N–H and O–H groups in total. The zero-order chi connectivity index (χ0) is 17.8. The standard InChI is InChI=1S/C18H17FN2O4/c19-14-7-5-13(6-8-14)11-20(15-9-10-15)18(22)12-25-17-4-2-1-3-16(17)21(23)24/h1-8,15H,9-12H2. The predicted octanol–water partition coefficient (Wildman–Crippen LogP) is 3.30. The number of hydrogen-bond acceptors (Lipinski definition) is 4. The minimum Gasteiger partial charge on any atom is -0.477 e. The third-order valence-corrected chi connectivity index (χ3v) is 3.99. The highest BCUT2D eigenvalue weighted by Crippen LogP contribution is 2.29. The lowest BCUT2D eigenvalue weighted by Crippen LogP contribution is -2.36. The minimum absolute atomic E-state index is 0.0679. The highest BCUT2D eigenvalue weighted by atomic mass is 19.1. The number of nitrogens with zero attached hydrogens (tertiary/aromatic N) is 2. The Kier molecular flexibility index (Phi) is 4.92. The Morgan fingerprint density at radius 3 is 2.52 bits per heavy atom. The van der Waals surface area contributed by atoms with Crippen molar-refractivity contribution in [3.05, 3.63) is 70.0 Å². The summed E-state index contributed by atoms with van der Waals surface area (Å²) in [4.78, 5) is 24.6. The molecule has 3 rings (SSSR count). The van der Waals surface area contributed by atoms with Crippen LogP contribution in [0.4, 0.5) is 10.1 Å². The Morgan fingerprint density at radius 1 is 1.20 bits per heavy atom. The molecule has 0 saturated heterocycles. The zero-order valence-corrected chi connectivity index (χ0v) is 13.4. The van der Waals surface area contributed by atoms with E-state index < -0.39 is 4.92 Å². The number of hydrogen-bond donors (Lipinski definition) is 0. The van der Waals surface area contributed by atoms with Gasteiger partial charge < -0.3 is 9.64 Å². The summed E-state index contributed by atoms with van der Waals surface area (Å²) in [5.41, 5.74) is 0.652. The first-order chi connectivity index (χ1) is 12.0. The first-order valence-corrected chi connectivity index (χ1v) is 7.95. The molecule has 7 heteroatoms. The predicted molar refractivity (Wildman–Crippen MR) is 88.6 cm³/mol. The molecule has 2 aromatic carbocycles. The number of ether oxygens (including phenoxy) is 1. The van der Waals surface area contributed by atoms with Gasteiger partial charge in [-0.2, -0.15) is 0 Å². The van der Waals surface area contributed by atoms with Crippen molar-refractivity contribution in [2.24, 2.45) is 0 Å². The Balaban J connectivity index is 1.66. The molecule has 1 saturated carbocycles. The molecule has 25 heavy (non-hydrogen) atoms. The van der Waals surface area contributed by atoms with Crippen LogP contribution in [0.25, 0.3) is 0 Å². The fourth-order valence-electron chi connectivity index (χ4n) is 2.55. The molecule has 6 nitrogen and oxygen atoms in total. The van der Waals surface area contributed by atoms with Crippen LogP contribution in [0.1, 0.15) is 18.4 Å². The van der Waals surface area contributed by atoms with Crippen LogP contribution in [0, 0.1) is 15.9 Å². The lowest BCUT2D eigenvalue weighted by atomic mass is 10.2. The van der Waals surface area contributed by atoms with E-state index in [1.165, 1.54) is 30.3 Å². The van der Waals surface area contributed by atoms with Crippen LogP contribution < -0.4 is 4.74 Å². The van der Waals surface area contributed by atoms with E-state index in [1.54, 1.807) is 23.1 Å². The largest absolute Gasteiger partial charge is 0.477 e. The quantitative estimate of drug-likeness (QED) is 0.571.